The van der Waals surface area contributed by atoms with Crippen LogP contribution in [-0.4, -0.2) is 45.6 Å². The molecule has 2 atom stereocenters. The molecule has 5 nitrogen and oxygen atoms in total. The number of aromatic nitrogens is 2. The highest BCUT2D eigenvalue weighted by molar-refractivity contribution is 5.93. The first-order valence-electron chi connectivity index (χ1n) is 7.39. The van der Waals surface area contributed by atoms with Crippen LogP contribution < -0.4 is 0 Å². The summed E-state index contributed by atoms with van der Waals surface area (Å²) in [6.07, 6.45) is 7.33. The topological polar surface area (TPSA) is 66.3 Å². The summed E-state index contributed by atoms with van der Waals surface area (Å²) in [6.45, 7) is 3.60. The molecule has 0 unspecified atom stereocenters. The zero-order valence-corrected chi connectivity index (χ0v) is 11.9. The van der Waals surface area contributed by atoms with Crippen LogP contribution in [0.3, 0.4) is 0 Å². The maximum atomic E-state index is 12.5. The van der Waals surface area contributed by atoms with Crippen molar-refractivity contribution >= 4 is 5.91 Å². The van der Waals surface area contributed by atoms with Gasteiger partial charge in [0.1, 0.15) is 5.82 Å². The van der Waals surface area contributed by atoms with E-state index in [1.807, 2.05) is 11.8 Å². The zero-order chi connectivity index (χ0) is 14.2. The van der Waals surface area contributed by atoms with Gasteiger partial charge in [0, 0.05) is 37.3 Å². The number of carbonyl (C=O) groups is 1. The van der Waals surface area contributed by atoms with E-state index in [0.717, 1.165) is 31.6 Å². The van der Waals surface area contributed by atoms with E-state index in [0.29, 0.717) is 18.0 Å². The predicted molar refractivity (Wildman–Crippen MR) is 74.2 cm³/mol. The molecule has 1 aliphatic carbocycles. The molecule has 5 heteroatoms. The van der Waals surface area contributed by atoms with Crippen LogP contribution in [0, 0.1) is 11.3 Å². The van der Waals surface area contributed by atoms with Crippen molar-refractivity contribution in [3.05, 3.63) is 23.8 Å². The Balaban J connectivity index is 1.75. The Labute approximate surface area is 119 Å². The van der Waals surface area contributed by atoms with E-state index in [4.69, 9.17) is 0 Å². The molecule has 2 heterocycles. The smallest absolute Gasteiger partial charge is 0.257 e. The molecule has 1 aromatic heterocycles. The first-order valence-corrected chi connectivity index (χ1v) is 7.39. The summed E-state index contributed by atoms with van der Waals surface area (Å²) in [5, 5.41) is 9.70. The number of nitrogens with zero attached hydrogens (tertiary/aromatic N) is 3. The lowest BCUT2D eigenvalue weighted by atomic mass is 9.82. The standard InChI is InChI=1S/C15H21N3O2/c1-2-13-16-6-11(7-17-13)14(20)18-8-12-4-3-5-15(12,9-18)10-19/h6-7,12,19H,2-5,8-10H2,1H3/t12-,15+/m1/s1. The molecule has 1 amide bonds. The molecule has 1 saturated carbocycles. The third-order valence-corrected chi connectivity index (χ3v) is 4.91. The molecule has 0 spiro atoms. The lowest BCUT2D eigenvalue weighted by Gasteiger charge is -2.25. The van der Waals surface area contributed by atoms with E-state index in [2.05, 4.69) is 9.97 Å². The highest BCUT2D eigenvalue weighted by Gasteiger charge is 2.50. The number of likely N-dealkylation sites (tertiary alicyclic amines) is 1. The van der Waals surface area contributed by atoms with Gasteiger partial charge in [-0.05, 0) is 18.8 Å². The Morgan fingerprint density at radius 3 is 2.85 bits per heavy atom. The Hall–Kier alpha value is -1.49. The first-order chi connectivity index (χ1) is 9.68. The third kappa shape index (κ3) is 2.10. The van der Waals surface area contributed by atoms with E-state index in [1.165, 1.54) is 6.42 Å². The Bertz CT molecular complexity index is 502. The van der Waals surface area contributed by atoms with Crippen LogP contribution >= 0.6 is 0 Å². The summed E-state index contributed by atoms with van der Waals surface area (Å²) in [7, 11) is 0. The zero-order valence-electron chi connectivity index (χ0n) is 11.9. The summed E-state index contributed by atoms with van der Waals surface area (Å²) in [5.74, 6) is 1.20. The van der Waals surface area contributed by atoms with E-state index < -0.39 is 0 Å². The second kappa shape index (κ2) is 5.13. The van der Waals surface area contributed by atoms with E-state index >= 15 is 0 Å². The SMILES string of the molecule is CCc1ncc(C(=O)N2C[C@H]3CCC[C@@]3(CO)C2)cn1. The minimum absolute atomic E-state index is 0.00474. The van der Waals surface area contributed by atoms with Crippen molar-refractivity contribution in [2.75, 3.05) is 19.7 Å². The minimum atomic E-state index is -0.0557. The van der Waals surface area contributed by atoms with Crippen LogP contribution in [0.1, 0.15) is 42.4 Å². The van der Waals surface area contributed by atoms with Crippen LogP contribution in [-0.2, 0) is 6.42 Å². The van der Waals surface area contributed by atoms with Gasteiger partial charge in [0.25, 0.3) is 5.91 Å². The number of aliphatic hydroxyl groups excluding tert-OH is 1. The third-order valence-electron chi connectivity index (χ3n) is 4.91. The van der Waals surface area contributed by atoms with Crippen LogP contribution in [0.5, 0.6) is 0 Å². The summed E-state index contributed by atoms with van der Waals surface area (Å²) < 4.78 is 0. The first kappa shape index (κ1) is 13.5. The minimum Gasteiger partial charge on any atom is -0.396 e. The molecular weight excluding hydrogens is 254 g/mol. The number of hydrogen-bond acceptors (Lipinski definition) is 4. The number of carbonyl (C=O) groups excluding carboxylic acids is 1. The van der Waals surface area contributed by atoms with Crippen molar-refractivity contribution in [3.8, 4) is 0 Å². The van der Waals surface area contributed by atoms with Crippen LogP contribution in [0.4, 0.5) is 0 Å². The van der Waals surface area contributed by atoms with Gasteiger partial charge in [-0.1, -0.05) is 13.3 Å². The van der Waals surface area contributed by atoms with Gasteiger partial charge >= 0.3 is 0 Å². The Morgan fingerprint density at radius 1 is 1.50 bits per heavy atom. The highest BCUT2D eigenvalue weighted by Crippen LogP contribution is 2.48. The maximum Gasteiger partial charge on any atom is 0.257 e. The van der Waals surface area contributed by atoms with Crippen molar-refractivity contribution in [2.24, 2.45) is 11.3 Å². The molecule has 1 aliphatic heterocycles. The number of aryl methyl sites for hydroxylation is 1. The predicted octanol–water partition coefficient (Wildman–Crippen LogP) is 1.27. The number of aliphatic hydroxyl groups is 1. The van der Waals surface area contributed by atoms with Gasteiger partial charge in [-0.3, -0.25) is 4.79 Å². The van der Waals surface area contributed by atoms with Crippen LogP contribution in [0.25, 0.3) is 0 Å². The Kier molecular flexibility index (Phi) is 3.46. The second-order valence-corrected chi connectivity index (χ2v) is 6.04. The van der Waals surface area contributed by atoms with Crippen molar-refractivity contribution in [2.45, 2.75) is 32.6 Å². The number of amides is 1. The largest absolute Gasteiger partial charge is 0.396 e. The summed E-state index contributed by atoms with van der Waals surface area (Å²) in [6, 6.07) is 0. The van der Waals surface area contributed by atoms with Gasteiger partial charge in [0.15, 0.2) is 0 Å². The normalized spacial score (nSPS) is 28.7. The fraction of sp³-hybridized carbons (Fsp3) is 0.667. The lowest BCUT2D eigenvalue weighted by Crippen LogP contribution is -2.34. The molecule has 0 radical (unpaired) electrons. The summed E-state index contributed by atoms with van der Waals surface area (Å²) in [4.78, 5) is 22.7. The van der Waals surface area contributed by atoms with Gasteiger partial charge in [-0.25, -0.2) is 9.97 Å². The van der Waals surface area contributed by atoms with Crippen LogP contribution in [0.2, 0.25) is 0 Å². The molecule has 1 N–H and O–H groups in total. The van der Waals surface area contributed by atoms with Crippen molar-refractivity contribution in [1.82, 2.24) is 14.9 Å². The van der Waals surface area contributed by atoms with E-state index in [1.54, 1.807) is 12.4 Å². The average Bonchev–Trinajstić information content (AvgIpc) is 3.03. The fourth-order valence-electron chi connectivity index (χ4n) is 3.66. The van der Waals surface area contributed by atoms with Gasteiger partial charge < -0.3 is 10.0 Å². The molecule has 1 aromatic rings. The summed E-state index contributed by atoms with van der Waals surface area (Å²) >= 11 is 0. The van der Waals surface area contributed by atoms with Crippen molar-refractivity contribution in [1.29, 1.82) is 0 Å². The van der Waals surface area contributed by atoms with Gasteiger partial charge in [0.05, 0.1) is 12.2 Å². The molecule has 1 saturated heterocycles. The quantitative estimate of drug-likeness (QED) is 0.902. The summed E-state index contributed by atoms with van der Waals surface area (Å²) in [5.41, 5.74) is 0.495. The molecule has 20 heavy (non-hydrogen) atoms. The average molecular weight is 275 g/mol. The van der Waals surface area contributed by atoms with E-state index in [-0.39, 0.29) is 17.9 Å². The maximum absolute atomic E-state index is 12.5. The van der Waals surface area contributed by atoms with Crippen molar-refractivity contribution in [3.63, 3.8) is 0 Å². The molecule has 0 aromatic carbocycles. The molecular formula is C15H21N3O2. The lowest BCUT2D eigenvalue weighted by molar-refractivity contribution is 0.0733. The molecule has 2 fully saturated rings. The number of hydrogen-bond donors (Lipinski definition) is 1. The van der Waals surface area contributed by atoms with Gasteiger partial charge in [-0.15, -0.1) is 0 Å². The van der Waals surface area contributed by atoms with Crippen molar-refractivity contribution < 1.29 is 9.90 Å². The van der Waals surface area contributed by atoms with Gasteiger partial charge in [0.2, 0.25) is 0 Å². The van der Waals surface area contributed by atoms with E-state index in [9.17, 15) is 9.90 Å². The molecule has 3 rings (SSSR count). The number of rotatable bonds is 3. The molecule has 0 bridgehead atoms. The molecule has 108 valence electrons. The highest BCUT2D eigenvalue weighted by atomic mass is 16.3. The number of fused-ring (bicyclic) bond motifs is 1. The second-order valence-electron chi connectivity index (χ2n) is 6.04. The molecule has 2 aliphatic rings. The monoisotopic (exact) mass is 275 g/mol. The fourth-order valence-corrected chi connectivity index (χ4v) is 3.66. The van der Waals surface area contributed by atoms with Gasteiger partial charge in [-0.2, -0.15) is 0 Å². The Morgan fingerprint density at radius 2 is 2.25 bits per heavy atom. The van der Waals surface area contributed by atoms with Crippen LogP contribution in [0.15, 0.2) is 12.4 Å².